The molecule has 2 rings (SSSR count). The zero-order valence-electron chi connectivity index (χ0n) is 10.4. The first-order valence-corrected chi connectivity index (χ1v) is 5.74. The third kappa shape index (κ3) is 2.40. The zero-order chi connectivity index (χ0) is 13.1. The van der Waals surface area contributed by atoms with Crippen LogP contribution in [0, 0.1) is 12.7 Å². The number of nitrogens with one attached hydrogen (secondary N) is 1. The molecular formula is C13H15FN4. The maximum absolute atomic E-state index is 13.0. The highest BCUT2D eigenvalue weighted by Gasteiger charge is 2.08. The van der Waals surface area contributed by atoms with Crippen LogP contribution in [0.3, 0.4) is 0 Å². The van der Waals surface area contributed by atoms with Crippen LogP contribution in [-0.4, -0.2) is 9.97 Å². The molecule has 0 fully saturated rings. The Morgan fingerprint density at radius 1 is 1.33 bits per heavy atom. The highest BCUT2D eigenvalue weighted by Crippen LogP contribution is 2.24. The average Bonchev–Trinajstić information content (AvgIpc) is 2.33. The fourth-order valence-corrected chi connectivity index (χ4v) is 1.78. The second kappa shape index (κ2) is 5.00. The Bertz CT molecular complexity index is 569. The molecule has 5 heteroatoms. The van der Waals surface area contributed by atoms with Gasteiger partial charge in [0.15, 0.2) is 0 Å². The molecule has 0 saturated carbocycles. The van der Waals surface area contributed by atoms with Crippen LogP contribution in [-0.2, 0) is 6.42 Å². The van der Waals surface area contributed by atoms with Crippen molar-refractivity contribution in [2.45, 2.75) is 20.3 Å². The molecule has 0 aliphatic heterocycles. The third-order valence-corrected chi connectivity index (χ3v) is 2.77. The number of aromatic nitrogens is 2. The van der Waals surface area contributed by atoms with Crippen molar-refractivity contribution in [3.8, 4) is 0 Å². The number of nitrogens with zero attached hydrogens (tertiary/aromatic N) is 2. The molecule has 3 N–H and O–H groups in total. The molecule has 0 saturated heterocycles. The fourth-order valence-electron chi connectivity index (χ4n) is 1.78. The van der Waals surface area contributed by atoms with Crippen molar-refractivity contribution in [2.75, 3.05) is 11.1 Å². The number of hydrogen-bond donors (Lipinski definition) is 2. The van der Waals surface area contributed by atoms with Gasteiger partial charge in [0.2, 0.25) is 0 Å². The van der Waals surface area contributed by atoms with E-state index in [-0.39, 0.29) is 5.82 Å². The number of hydrogen-bond acceptors (Lipinski definition) is 4. The Hall–Kier alpha value is -2.17. The molecule has 0 amide bonds. The molecule has 1 aromatic heterocycles. The summed E-state index contributed by atoms with van der Waals surface area (Å²) >= 11 is 0. The van der Waals surface area contributed by atoms with Crippen LogP contribution in [0.25, 0.3) is 0 Å². The van der Waals surface area contributed by atoms with Crippen LogP contribution in [0.4, 0.5) is 21.7 Å². The normalized spacial score (nSPS) is 10.4. The molecule has 94 valence electrons. The van der Waals surface area contributed by atoms with Gasteiger partial charge in [-0.15, -0.1) is 0 Å². The van der Waals surface area contributed by atoms with E-state index in [0.717, 1.165) is 23.2 Å². The highest BCUT2D eigenvalue weighted by molar-refractivity contribution is 5.65. The highest BCUT2D eigenvalue weighted by atomic mass is 19.1. The molecule has 4 nitrogen and oxygen atoms in total. The van der Waals surface area contributed by atoms with E-state index in [2.05, 4.69) is 15.3 Å². The Morgan fingerprint density at radius 3 is 2.78 bits per heavy atom. The first-order chi connectivity index (χ1) is 8.61. The van der Waals surface area contributed by atoms with Gasteiger partial charge in [0.25, 0.3) is 0 Å². The molecule has 0 unspecified atom stereocenters. The standard InChI is InChI=1S/C13H15FN4/c1-3-10-12(15)16-7-17-13(10)18-11-5-4-9(14)6-8(11)2/h4-7H,3H2,1-2H3,(H3,15,16,17,18). The van der Waals surface area contributed by atoms with Crippen molar-refractivity contribution in [3.05, 3.63) is 41.5 Å². The number of nitrogens with two attached hydrogens (primary N) is 1. The van der Waals surface area contributed by atoms with E-state index < -0.39 is 0 Å². The van der Waals surface area contributed by atoms with Crippen LogP contribution in [0.15, 0.2) is 24.5 Å². The number of benzene rings is 1. The van der Waals surface area contributed by atoms with Crippen LogP contribution in [0.1, 0.15) is 18.1 Å². The van der Waals surface area contributed by atoms with Gasteiger partial charge in [-0.1, -0.05) is 6.92 Å². The van der Waals surface area contributed by atoms with E-state index in [9.17, 15) is 4.39 Å². The summed E-state index contributed by atoms with van der Waals surface area (Å²) < 4.78 is 13.0. The van der Waals surface area contributed by atoms with E-state index in [1.54, 1.807) is 6.07 Å². The molecular weight excluding hydrogens is 231 g/mol. The zero-order valence-corrected chi connectivity index (χ0v) is 10.4. The summed E-state index contributed by atoms with van der Waals surface area (Å²) in [6, 6.07) is 4.56. The smallest absolute Gasteiger partial charge is 0.139 e. The Balaban J connectivity index is 2.37. The topological polar surface area (TPSA) is 63.8 Å². The van der Waals surface area contributed by atoms with E-state index in [0.29, 0.717) is 11.6 Å². The quantitative estimate of drug-likeness (QED) is 0.874. The van der Waals surface area contributed by atoms with E-state index in [1.807, 2.05) is 13.8 Å². The second-order valence-corrected chi connectivity index (χ2v) is 4.02. The van der Waals surface area contributed by atoms with E-state index in [4.69, 9.17) is 5.73 Å². The van der Waals surface area contributed by atoms with Crippen molar-refractivity contribution in [3.63, 3.8) is 0 Å². The van der Waals surface area contributed by atoms with Gasteiger partial charge < -0.3 is 11.1 Å². The summed E-state index contributed by atoms with van der Waals surface area (Å²) in [5.41, 5.74) is 8.28. The number of halogens is 1. The molecule has 2 aromatic rings. The monoisotopic (exact) mass is 246 g/mol. The minimum Gasteiger partial charge on any atom is -0.383 e. The molecule has 0 atom stereocenters. The van der Waals surface area contributed by atoms with Gasteiger partial charge in [0.05, 0.1) is 0 Å². The minimum absolute atomic E-state index is 0.254. The number of nitrogen functional groups attached to an aromatic ring is 1. The second-order valence-electron chi connectivity index (χ2n) is 4.02. The van der Waals surface area contributed by atoms with Gasteiger partial charge in [-0.05, 0) is 37.1 Å². The van der Waals surface area contributed by atoms with E-state index >= 15 is 0 Å². The van der Waals surface area contributed by atoms with Crippen molar-refractivity contribution >= 4 is 17.3 Å². The van der Waals surface area contributed by atoms with Crippen molar-refractivity contribution in [2.24, 2.45) is 0 Å². The summed E-state index contributed by atoms with van der Waals surface area (Å²) in [5.74, 6) is 0.880. The summed E-state index contributed by atoms with van der Waals surface area (Å²) in [5, 5.41) is 3.16. The first kappa shape index (κ1) is 12.3. The lowest BCUT2D eigenvalue weighted by Gasteiger charge is -2.12. The molecule has 0 spiro atoms. The first-order valence-electron chi connectivity index (χ1n) is 5.74. The maximum Gasteiger partial charge on any atom is 0.139 e. The fraction of sp³-hybridized carbons (Fsp3) is 0.231. The van der Waals surface area contributed by atoms with E-state index in [1.165, 1.54) is 18.5 Å². The van der Waals surface area contributed by atoms with Gasteiger partial charge in [-0.3, -0.25) is 0 Å². The third-order valence-electron chi connectivity index (χ3n) is 2.77. The van der Waals surface area contributed by atoms with Gasteiger partial charge in [0.1, 0.15) is 23.8 Å². The van der Waals surface area contributed by atoms with Crippen molar-refractivity contribution in [1.82, 2.24) is 9.97 Å². The molecule has 1 heterocycles. The van der Waals surface area contributed by atoms with Crippen molar-refractivity contribution < 1.29 is 4.39 Å². The Morgan fingerprint density at radius 2 is 2.11 bits per heavy atom. The number of anilines is 3. The van der Waals surface area contributed by atoms with Gasteiger partial charge in [-0.25, -0.2) is 14.4 Å². The van der Waals surface area contributed by atoms with Crippen LogP contribution in [0.2, 0.25) is 0 Å². The SMILES string of the molecule is CCc1c(N)ncnc1Nc1ccc(F)cc1C. The Kier molecular flexibility index (Phi) is 3.41. The summed E-state index contributed by atoms with van der Waals surface area (Å²) in [6.45, 7) is 3.82. The minimum atomic E-state index is -0.254. The maximum atomic E-state index is 13.0. The average molecular weight is 246 g/mol. The molecule has 18 heavy (non-hydrogen) atoms. The van der Waals surface area contributed by atoms with Gasteiger partial charge >= 0.3 is 0 Å². The molecule has 0 aliphatic carbocycles. The van der Waals surface area contributed by atoms with Gasteiger partial charge in [-0.2, -0.15) is 0 Å². The summed E-state index contributed by atoms with van der Waals surface area (Å²) in [6.07, 6.45) is 2.14. The van der Waals surface area contributed by atoms with Crippen LogP contribution < -0.4 is 11.1 Å². The number of aryl methyl sites for hydroxylation is 1. The predicted molar refractivity (Wildman–Crippen MR) is 70.2 cm³/mol. The lowest BCUT2D eigenvalue weighted by atomic mass is 10.1. The van der Waals surface area contributed by atoms with Crippen LogP contribution in [0.5, 0.6) is 0 Å². The number of rotatable bonds is 3. The summed E-state index contributed by atoms with van der Waals surface area (Å²) in [4.78, 5) is 8.13. The van der Waals surface area contributed by atoms with Crippen molar-refractivity contribution in [1.29, 1.82) is 0 Å². The molecule has 0 aliphatic rings. The lowest BCUT2D eigenvalue weighted by Crippen LogP contribution is -2.05. The molecule has 0 radical (unpaired) electrons. The summed E-state index contributed by atoms with van der Waals surface area (Å²) in [7, 11) is 0. The van der Waals surface area contributed by atoms with Gasteiger partial charge in [0, 0.05) is 11.3 Å². The van der Waals surface area contributed by atoms with Crippen LogP contribution >= 0.6 is 0 Å². The Labute approximate surface area is 105 Å². The lowest BCUT2D eigenvalue weighted by molar-refractivity contribution is 0.627. The predicted octanol–water partition coefficient (Wildman–Crippen LogP) is 2.81. The largest absolute Gasteiger partial charge is 0.383 e. The molecule has 1 aromatic carbocycles. The molecule has 0 bridgehead atoms.